The lowest BCUT2D eigenvalue weighted by molar-refractivity contribution is -0.135. The summed E-state index contributed by atoms with van der Waals surface area (Å²) in [5.74, 6) is -0.567. The summed E-state index contributed by atoms with van der Waals surface area (Å²) in [6.45, 7) is 6.37. The van der Waals surface area contributed by atoms with Crippen molar-refractivity contribution in [1.82, 2.24) is 9.88 Å². The van der Waals surface area contributed by atoms with Crippen LogP contribution in [0.1, 0.15) is 41.5 Å². The van der Waals surface area contributed by atoms with Gasteiger partial charge < -0.3 is 14.6 Å². The van der Waals surface area contributed by atoms with Crippen LogP contribution in [0.3, 0.4) is 0 Å². The Labute approximate surface area is 170 Å². The number of nitrogens with zero attached hydrogens (tertiary/aromatic N) is 1. The van der Waals surface area contributed by atoms with Crippen molar-refractivity contribution in [2.75, 3.05) is 26.3 Å². The Morgan fingerprint density at radius 1 is 1.21 bits per heavy atom. The summed E-state index contributed by atoms with van der Waals surface area (Å²) < 4.78 is 20.3. The quantitative estimate of drug-likeness (QED) is 0.690. The number of aromatic amines is 1. The highest BCUT2D eigenvalue weighted by Gasteiger charge is 2.27. The van der Waals surface area contributed by atoms with E-state index >= 15 is 0 Å². The molecule has 1 aromatic heterocycles. The Balaban J connectivity index is 1.78. The smallest absolute Gasteiger partial charge is 0.223 e. The largest absolute Gasteiger partial charge is 0.378 e. The summed E-state index contributed by atoms with van der Waals surface area (Å²) >= 11 is 0. The highest BCUT2D eigenvalue weighted by molar-refractivity contribution is 5.88. The van der Waals surface area contributed by atoms with Crippen molar-refractivity contribution >= 4 is 16.8 Å². The minimum atomic E-state index is -0.342. The van der Waals surface area contributed by atoms with E-state index in [9.17, 15) is 9.18 Å². The summed E-state index contributed by atoms with van der Waals surface area (Å²) in [5, 5.41) is 1.06. The minimum Gasteiger partial charge on any atom is -0.378 e. The van der Waals surface area contributed by atoms with Crippen LogP contribution in [-0.4, -0.2) is 42.1 Å². The number of hydrogen-bond acceptors (Lipinski definition) is 2. The maximum Gasteiger partial charge on any atom is 0.223 e. The minimum absolute atomic E-state index is 0.0419. The summed E-state index contributed by atoms with van der Waals surface area (Å²) in [4.78, 5) is 18.3. The molecule has 0 spiro atoms. The first-order valence-electron chi connectivity index (χ1n) is 10.3. The lowest BCUT2D eigenvalue weighted by Crippen LogP contribution is -2.41. The van der Waals surface area contributed by atoms with Crippen molar-refractivity contribution in [3.05, 3.63) is 70.7 Å². The van der Waals surface area contributed by atoms with Crippen LogP contribution in [0.25, 0.3) is 10.9 Å². The third-order valence-electron chi connectivity index (χ3n) is 5.86. The maximum atomic E-state index is 14.9. The molecule has 1 fully saturated rings. The van der Waals surface area contributed by atoms with Crippen LogP contribution in [0.5, 0.6) is 0 Å². The van der Waals surface area contributed by atoms with Crippen LogP contribution in [0.15, 0.2) is 42.6 Å². The van der Waals surface area contributed by atoms with Crippen molar-refractivity contribution < 1.29 is 13.9 Å². The second kappa shape index (κ2) is 8.37. The predicted octanol–water partition coefficient (Wildman–Crippen LogP) is 4.56. The Morgan fingerprint density at radius 2 is 2.00 bits per heavy atom. The molecule has 4 nitrogen and oxygen atoms in total. The van der Waals surface area contributed by atoms with E-state index in [0.29, 0.717) is 31.9 Å². The van der Waals surface area contributed by atoms with Crippen LogP contribution < -0.4 is 0 Å². The van der Waals surface area contributed by atoms with Crippen molar-refractivity contribution in [3.63, 3.8) is 0 Å². The number of rotatable bonds is 5. The normalized spacial score (nSPS) is 15.6. The maximum absolute atomic E-state index is 14.9. The van der Waals surface area contributed by atoms with Gasteiger partial charge in [-0.25, -0.2) is 4.39 Å². The van der Waals surface area contributed by atoms with Crippen LogP contribution in [0, 0.1) is 12.7 Å². The predicted molar refractivity (Wildman–Crippen MR) is 113 cm³/mol. The van der Waals surface area contributed by atoms with Gasteiger partial charge in [-0.05, 0) is 36.1 Å². The molecule has 1 atom stereocenters. The van der Waals surface area contributed by atoms with E-state index in [2.05, 4.69) is 24.0 Å². The van der Waals surface area contributed by atoms with Gasteiger partial charge in [0.25, 0.3) is 0 Å². The molecule has 1 N–H and O–H groups in total. The third-order valence-corrected chi connectivity index (χ3v) is 5.86. The number of H-pyrrole nitrogens is 1. The molecule has 0 unspecified atom stereocenters. The van der Waals surface area contributed by atoms with Crippen LogP contribution in [-0.2, 0) is 16.0 Å². The molecule has 1 amide bonds. The number of halogens is 1. The van der Waals surface area contributed by atoms with E-state index in [-0.39, 0.29) is 24.1 Å². The van der Waals surface area contributed by atoms with Crippen molar-refractivity contribution in [2.45, 2.75) is 32.6 Å². The number of ether oxygens (including phenoxy) is 1. The standard InChI is InChI=1S/C24H27FN2O2/c1-3-17-5-4-6-18-21(15-26-24(17)18)19(20-13-16(2)7-8-22(20)25)14-23(28)27-9-11-29-12-10-27/h4-8,13,15,19,26H,3,9-12,14H2,1-2H3/t19-/m0/s1. The first-order chi connectivity index (χ1) is 14.1. The molecule has 0 radical (unpaired) electrons. The highest BCUT2D eigenvalue weighted by Crippen LogP contribution is 2.36. The molecule has 1 aliphatic rings. The molecule has 29 heavy (non-hydrogen) atoms. The average molecular weight is 394 g/mol. The molecule has 0 bridgehead atoms. The number of benzene rings is 2. The molecule has 2 heterocycles. The van der Waals surface area contributed by atoms with Gasteiger partial charge in [-0.15, -0.1) is 0 Å². The molecule has 0 aliphatic carbocycles. The molecule has 1 saturated heterocycles. The lowest BCUT2D eigenvalue weighted by atomic mass is 9.86. The third kappa shape index (κ3) is 3.92. The van der Waals surface area contributed by atoms with E-state index in [4.69, 9.17) is 4.74 Å². The summed E-state index contributed by atoms with van der Waals surface area (Å²) in [5.41, 5.74) is 4.83. The number of amides is 1. The zero-order valence-corrected chi connectivity index (χ0v) is 17.0. The second-order valence-electron chi connectivity index (χ2n) is 7.71. The Morgan fingerprint density at radius 3 is 2.76 bits per heavy atom. The molecule has 152 valence electrons. The van der Waals surface area contributed by atoms with Crippen molar-refractivity contribution in [1.29, 1.82) is 0 Å². The van der Waals surface area contributed by atoms with Crippen molar-refractivity contribution in [2.24, 2.45) is 0 Å². The highest BCUT2D eigenvalue weighted by atomic mass is 19.1. The Hall–Kier alpha value is -2.66. The number of morpholine rings is 1. The monoisotopic (exact) mass is 394 g/mol. The number of para-hydroxylation sites is 1. The van der Waals surface area contributed by atoms with E-state index in [1.165, 1.54) is 11.6 Å². The van der Waals surface area contributed by atoms with Crippen LogP contribution in [0.2, 0.25) is 0 Å². The fraction of sp³-hybridized carbons (Fsp3) is 0.375. The van der Waals surface area contributed by atoms with Gasteiger partial charge in [0, 0.05) is 42.5 Å². The number of aryl methyl sites for hydroxylation is 2. The van der Waals surface area contributed by atoms with E-state index < -0.39 is 0 Å². The fourth-order valence-corrected chi connectivity index (χ4v) is 4.26. The van der Waals surface area contributed by atoms with Gasteiger partial charge in [0.15, 0.2) is 0 Å². The molecule has 3 aromatic rings. The molecule has 1 aliphatic heterocycles. The Bertz CT molecular complexity index is 1020. The molecule has 0 saturated carbocycles. The SMILES string of the molecule is CCc1cccc2c([C@@H](CC(=O)N3CCOCC3)c3cc(C)ccc3F)c[nH]c12. The first-order valence-corrected chi connectivity index (χ1v) is 10.3. The number of carbonyl (C=O) groups is 1. The van der Waals surface area contributed by atoms with Gasteiger partial charge in [0.1, 0.15) is 5.82 Å². The first kappa shape index (κ1) is 19.6. The van der Waals surface area contributed by atoms with E-state index in [1.807, 2.05) is 30.2 Å². The van der Waals surface area contributed by atoms with Gasteiger partial charge in [0.2, 0.25) is 5.91 Å². The Kier molecular flexibility index (Phi) is 5.67. The molecule has 4 rings (SSSR count). The fourth-order valence-electron chi connectivity index (χ4n) is 4.26. The van der Waals surface area contributed by atoms with Gasteiger partial charge in [-0.1, -0.05) is 42.8 Å². The number of hydrogen-bond donors (Lipinski definition) is 1. The second-order valence-corrected chi connectivity index (χ2v) is 7.71. The zero-order valence-electron chi connectivity index (χ0n) is 17.0. The van der Waals surface area contributed by atoms with E-state index in [1.54, 1.807) is 6.07 Å². The topological polar surface area (TPSA) is 45.3 Å². The molecule has 5 heteroatoms. The van der Waals surface area contributed by atoms with E-state index in [0.717, 1.165) is 28.5 Å². The van der Waals surface area contributed by atoms with Crippen LogP contribution >= 0.6 is 0 Å². The number of aromatic nitrogens is 1. The summed E-state index contributed by atoms with van der Waals surface area (Å²) in [6.07, 6.45) is 3.10. The molecular formula is C24H27FN2O2. The van der Waals surface area contributed by atoms with Gasteiger partial charge in [-0.2, -0.15) is 0 Å². The summed E-state index contributed by atoms with van der Waals surface area (Å²) in [6, 6.07) is 11.3. The molecular weight excluding hydrogens is 367 g/mol. The number of carbonyl (C=O) groups excluding carboxylic acids is 1. The average Bonchev–Trinajstić information content (AvgIpc) is 3.18. The molecule has 2 aromatic carbocycles. The zero-order chi connectivity index (χ0) is 20.4. The number of nitrogens with one attached hydrogen (secondary N) is 1. The van der Waals surface area contributed by atoms with Crippen LogP contribution in [0.4, 0.5) is 4.39 Å². The number of fused-ring (bicyclic) bond motifs is 1. The lowest BCUT2D eigenvalue weighted by Gasteiger charge is -2.29. The van der Waals surface area contributed by atoms with Gasteiger partial charge in [-0.3, -0.25) is 4.79 Å². The van der Waals surface area contributed by atoms with Gasteiger partial charge >= 0.3 is 0 Å². The van der Waals surface area contributed by atoms with Crippen molar-refractivity contribution in [3.8, 4) is 0 Å². The van der Waals surface area contributed by atoms with Gasteiger partial charge in [0.05, 0.1) is 13.2 Å². The summed E-state index contributed by atoms with van der Waals surface area (Å²) in [7, 11) is 0.